The van der Waals surface area contributed by atoms with E-state index in [0.29, 0.717) is 16.2 Å². The Kier molecular flexibility index (Phi) is 5.45. The van der Waals surface area contributed by atoms with E-state index in [1.165, 1.54) is 5.56 Å². The van der Waals surface area contributed by atoms with E-state index in [0.717, 1.165) is 36.6 Å². The SMILES string of the molecule is CCC(C)(C)NC(=O)OC[N+]1(C)CC2c3ccccc3Oc3ccc(Cl)cc3C2C1. The van der Waals surface area contributed by atoms with Crippen molar-refractivity contribution in [3.05, 3.63) is 58.6 Å². The molecule has 30 heavy (non-hydrogen) atoms. The number of carbonyl (C=O) groups is 1. The number of rotatable bonds is 4. The number of carbonyl (C=O) groups excluding carboxylic acids is 1. The minimum atomic E-state index is -0.361. The van der Waals surface area contributed by atoms with Crippen LogP contribution in [0.25, 0.3) is 0 Å². The number of nitrogens with zero attached hydrogens (tertiary/aromatic N) is 1. The van der Waals surface area contributed by atoms with Gasteiger partial charge >= 0.3 is 6.09 Å². The van der Waals surface area contributed by atoms with Gasteiger partial charge in [-0.15, -0.1) is 0 Å². The van der Waals surface area contributed by atoms with Crippen LogP contribution in [0.15, 0.2) is 42.5 Å². The van der Waals surface area contributed by atoms with Gasteiger partial charge in [0.1, 0.15) is 11.5 Å². The minimum Gasteiger partial charge on any atom is -0.457 e. The summed E-state index contributed by atoms with van der Waals surface area (Å²) in [6.07, 6.45) is 0.479. The predicted molar refractivity (Wildman–Crippen MR) is 118 cm³/mol. The molecule has 0 bridgehead atoms. The maximum Gasteiger partial charge on any atom is 0.411 e. The van der Waals surface area contributed by atoms with Gasteiger partial charge < -0.3 is 14.8 Å². The minimum absolute atomic E-state index is 0.242. The third kappa shape index (κ3) is 4.14. The molecule has 4 rings (SSSR count). The molecule has 1 amide bonds. The number of amides is 1. The van der Waals surface area contributed by atoms with Crippen LogP contribution in [0.2, 0.25) is 5.02 Å². The molecular formula is C24H30ClN2O3+. The van der Waals surface area contributed by atoms with Crippen molar-refractivity contribution in [1.29, 1.82) is 0 Å². The van der Waals surface area contributed by atoms with Crippen LogP contribution in [0.4, 0.5) is 4.79 Å². The van der Waals surface area contributed by atoms with Crippen molar-refractivity contribution in [3.63, 3.8) is 0 Å². The first kappa shape index (κ1) is 21.0. The van der Waals surface area contributed by atoms with Gasteiger partial charge in [0.2, 0.25) is 6.73 Å². The highest BCUT2D eigenvalue weighted by atomic mass is 35.5. The number of hydrogen-bond acceptors (Lipinski definition) is 3. The molecule has 2 aromatic carbocycles. The molecule has 0 saturated carbocycles. The van der Waals surface area contributed by atoms with Gasteiger partial charge in [0, 0.05) is 33.5 Å². The summed E-state index contributed by atoms with van der Waals surface area (Å²) >= 11 is 6.34. The van der Waals surface area contributed by atoms with Crippen LogP contribution in [0.3, 0.4) is 0 Å². The Morgan fingerprint density at radius 3 is 2.57 bits per heavy atom. The van der Waals surface area contributed by atoms with Crippen LogP contribution < -0.4 is 10.1 Å². The van der Waals surface area contributed by atoms with E-state index in [2.05, 4.69) is 24.5 Å². The molecule has 2 aliphatic rings. The van der Waals surface area contributed by atoms with Crippen molar-refractivity contribution in [3.8, 4) is 11.5 Å². The molecule has 160 valence electrons. The molecule has 3 atom stereocenters. The molecule has 1 saturated heterocycles. The third-order valence-corrected chi connectivity index (χ3v) is 6.74. The molecule has 1 N–H and O–H groups in total. The quantitative estimate of drug-likeness (QED) is 0.639. The second-order valence-electron chi connectivity index (χ2n) is 9.44. The fourth-order valence-electron chi connectivity index (χ4n) is 4.53. The number of alkyl carbamates (subject to hydrolysis) is 1. The van der Waals surface area contributed by atoms with Crippen molar-refractivity contribution < 1.29 is 18.8 Å². The Labute approximate surface area is 183 Å². The number of halogens is 1. The lowest BCUT2D eigenvalue weighted by Crippen LogP contribution is -2.48. The van der Waals surface area contributed by atoms with Crippen molar-refractivity contribution >= 4 is 17.7 Å². The van der Waals surface area contributed by atoms with Crippen LogP contribution >= 0.6 is 11.6 Å². The van der Waals surface area contributed by atoms with Crippen LogP contribution in [0, 0.1) is 0 Å². The fourth-order valence-corrected chi connectivity index (χ4v) is 4.71. The van der Waals surface area contributed by atoms with Crippen molar-refractivity contribution in [2.24, 2.45) is 0 Å². The maximum absolute atomic E-state index is 12.3. The largest absolute Gasteiger partial charge is 0.457 e. The number of para-hydroxylation sites is 1. The second-order valence-corrected chi connectivity index (χ2v) is 9.88. The lowest BCUT2D eigenvalue weighted by atomic mass is 9.84. The summed E-state index contributed by atoms with van der Waals surface area (Å²) in [7, 11) is 2.15. The molecule has 0 radical (unpaired) electrons. The molecular weight excluding hydrogens is 400 g/mol. The normalized spacial score (nSPS) is 24.7. The van der Waals surface area contributed by atoms with Gasteiger partial charge in [0.25, 0.3) is 0 Å². The van der Waals surface area contributed by atoms with E-state index in [4.69, 9.17) is 21.1 Å². The van der Waals surface area contributed by atoms with Gasteiger partial charge in [-0.3, -0.25) is 4.48 Å². The van der Waals surface area contributed by atoms with Gasteiger partial charge in [-0.2, -0.15) is 0 Å². The Balaban J connectivity index is 1.59. The number of nitrogens with one attached hydrogen (secondary N) is 1. The first-order valence-electron chi connectivity index (χ1n) is 10.5. The number of quaternary nitrogens is 1. The number of likely N-dealkylation sites (tertiary alicyclic amines) is 1. The molecule has 3 unspecified atom stereocenters. The summed E-state index contributed by atoms with van der Waals surface area (Å²) in [6, 6.07) is 14.1. The molecule has 2 heterocycles. The highest BCUT2D eigenvalue weighted by molar-refractivity contribution is 6.30. The number of ether oxygens (including phenoxy) is 2. The van der Waals surface area contributed by atoms with Gasteiger partial charge in [-0.25, -0.2) is 4.79 Å². The van der Waals surface area contributed by atoms with Crippen molar-refractivity contribution in [1.82, 2.24) is 5.32 Å². The van der Waals surface area contributed by atoms with E-state index < -0.39 is 0 Å². The third-order valence-electron chi connectivity index (χ3n) is 6.50. The number of hydrogen-bond donors (Lipinski definition) is 1. The van der Waals surface area contributed by atoms with Crippen LogP contribution in [0.5, 0.6) is 11.5 Å². The highest BCUT2D eigenvalue weighted by Gasteiger charge is 2.48. The Bertz CT molecular complexity index is 961. The standard InChI is InChI=1S/C24H29ClN2O3/c1-5-24(2,3)26-23(28)29-15-27(4)13-19-17-8-6-7-9-21(17)30-22-11-10-16(25)12-18(22)20(19)14-27/h6-12,19-20H,5,13-15H2,1-4H3/p+1. The zero-order chi connectivity index (χ0) is 21.5. The second kappa shape index (κ2) is 7.78. The summed E-state index contributed by atoms with van der Waals surface area (Å²) in [6.45, 7) is 8.08. The first-order valence-corrected chi connectivity index (χ1v) is 10.9. The van der Waals surface area contributed by atoms with Crippen molar-refractivity contribution in [2.75, 3.05) is 26.9 Å². The molecule has 0 aromatic heterocycles. The highest BCUT2D eigenvalue weighted by Crippen LogP contribution is 2.51. The summed E-state index contributed by atoms with van der Waals surface area (Å²) in [5.41, 5.74) is 2.05. The van der Waals surface area contributed by atoms with Gasteiger partial charge in [0.05, 0.1) is 20.1 Å². The van der Waals surface area contributed by atoms with Gasteiger partial charge in [0.15, 0.2) is 0 Å². The summed E-state index contributed by atoms with van der Waals surface area (Å²) in [5, 5.41) is 3.66. The van der Waals surface area contributed by atoms with E-state index in [-0.39, 0.29) is 23.5 Å². The molecule has 2 aliphatic heterocycles. The van der Waals surface area contributed by atoms with Gasteiger partial charge in [-0.1, -0.05) is 36.7 Å². The number of likely N-dealkylation sites (N-methyl/N-ethyl adjacent to an activating group) is 1. The first-order chi connectivity index (χ1) is 14.2. The molecule has 0 aliphatic carbocycles. The summed E-state index contributed by atoms with van der Waals surface area (Å²) < 4.78 is 12.6. The number of fused-ring (bicyclic) bond motifs is 5. The topological polar surface area (TPSA) is 47.6 Å². The van der Waals surface area contributed by atoms with Crippen LogP contribution in [0.1, 0.15) is 50.2 Å². The Morgan fingerprint density at radius 1 is 1.17 bits per heavy atom. The fraction of sp³-hybridized carbons (Fsp3) is 0.458. The smallest absolute Gasteiger partial charge is 0.411 e. The van der Waals surface area contributed by atoms with E-state index >= 15 is 0 Å². The van der Waals surface area contributed by atoms with Crippen molar-refractivity contribution in [2.45, 2.75) is 44.6 Å². The predicted octanol–water partition coefficient (Wildman–Crippen LogP) is 5.65. The molecule has 1 fully saturated rings. The van der Waals surface area contributed by atoms with E-state index in [1.807, 2.05) is 51.1 Å². The van der Waals surface area contributed by atoms with E-state index in [1.54, 1.807) is 0 Å². The Hall–Kier alpha value is -2.24. The zero-order valence-corrected chi connectivity index (χ0v) is 18.8. The Morgan fingerprint density at radius 2 is 1.83 bits per heavy atom. The lowest BCUT2D eigenvalue weighted by molar-refractivity contribution is -0.915. The summed E-state index contributed by atoms with van der Waals surface area (Å²) in [5.74, 6) is 2.26. The average Bonchev–Trinajstić information content (AvgIpc) is 3.00. The monoisotopic (exact) mass is 429 g/mol. The average molecular weight is 430 g/mol. The number of benzene rings is 2. The maximum atomic E-state index is 12.3. The van der Waals surface area contributed by atoms with Gasteiger partial charge in [-0.05, 0) is 44.5 Å². The lowest BCUT2D eigenvalue weighted by Gasteiger charge is -2.30. The van der Waals surface area contributed by atoms with Crippen LogP contribution in [-0.2, 0) is 4.74 Å². The molecule has 0 spiro atoms. The zero-order valence-electron chi connectivity index (χ0n) is 18.1. The molecule has 6 heteroatoms. The molecule has 5 nitrogen and oxygen atoms in total. The van der Waals surface area contributed by atoms with E-state index in [9.17, 15) is 4.79 Å². The summed E-state index contributed by atoms with van der Waals surface area (Å²) in [4.78, 5) is 12.3. The molecule has 2 aromatic rings. The van der Waals surface area contributed by atoms with Crippen LogP contribution in [-0.4, -0.2) is 43.0 Å².